The van der Waals surface area contributed by atoms with E-state index >= 15 is 0 Å². The molecule has 1 aliphatic heterocycles. The van der Waals surface area contributed by atoms with Gasteiger partial charge < -0.3 is 10.0 Å². The van der Waals surface area contributed by atoms with Crippen LogP contribution in [0.25, 0.3) is 0 Å². The average molecular weight is 236 g/mol. The van der Waals surface area contributed by atoms with Gasteiger partial charge in [-0.2, -0.15) is 5.26 Å². The maximum atomic E-state index is 11.7. The summed E-state index contributed by atoms with van der Waals surface area (Å²) in [6.07, 6.45) is 3.17. The Labute approximate surface area is 100 Å². The van der Waals surface area contributed by atoms with Crippen LogP contribution in [0.1, 0.15) is 32.1 Å². The van der Waals surface area contributed by atoms with E-state index < -0.39 is 11.9 Å². The number of aliphatic carboxylic acids is 1. The first-order valence-electron chi connectivity index (χ1n) is 5.94. The van der Waals surface area contributed by atoms with Gasteiger partial charge in [-0.25, -0.2) is 0 Å². The highest BCUT2D eigenvalue weighted by Gasteiger charge is 2.45. The summed E-state index contributed by atoms with van der Waals surface area (Å²) < 4.78 is 0. The zero-order valence-electron chi connectivity index (χ0n) is 9.69. The smallest absolute Gasteiger partial charge is 0.308 e. The van der Waals surface area contributed by atoms with Crippen LogP contribution in [-0.4, -0.2) is 35.0 Å². The number of carbonyl (C=O) groups is 2. The third-order valence-corrected chi connectivity index (χ3v) is 3.79. The van der Waals surface area contributed by atoms with E-state index in [1.807, 2.05) is 0 Å². The van der Waals surface area contributed by atoms with E-state index in [4.69, 9.17) is 10.4 Å². The Morgan fingerprint density at radius 3 is 2.82 bits per heavy atom. The Balaban J connectivity index is 1.97. The Morgan fingerprint density at radius 1 is 1.59 bits per heavy atom. The number of hydrogen-bond donors (Lipinski definition) is 1. The molecule has 1 amide bonds. The highest BCUT2D eigenvalue weighted by Crippen LogP contribution is 2.49. The van der Waals surface area contributed by atoms with E-state index in [1.54, 1.807) is 4.90 Å². The molecule has 1 N–H and O–H groups in total. The number of piperidine rings is 1. The lowest BCUT2D eigenvalue weighted by molar-refractivity contribution is -0.147. The zero-order valence-corrected chi connectivity index (χ0v) is 9.69. The molecule has 5 nitrogen and oxygen atoms in total. The molecule has 2 rings (SSSR count). The molecule has 1 saturated carbocycles. The third kappa shape index (κ3) is 2.57. The van der Waals surface area contributed by atoms with Crippen molar-refractivity contribution in [3.63, 3.8) is 0 Å². The van der Waals surface area contributed by atoms with Crippen LogP contribution in [-0.2, 0) is 9.59 Å². The summed E-state index contributed by atoms with van der Waals surface area (Å²) in [5, 5.41) is 17.7. The van der Waals surface area contributed by atoms with E-state index in [0.717, 1.165) is 12.8 Å². The van der Waals surface area contributed by atoms with Crippen LogP contribution < -0.4 is 0 Å². The van der Waals surface area contributed by atoms with Gasteiger partial charge in [0.05, 0.1) is 12.0 Å². The SMILES string of the molecule is N#CCC1(CN2CC(C(=O)O)CCC2=O)CC1. The fourth-order valence-electron chi connectivity index (χ4n) is 2.41. The van der Waals surface area contributed by atoms with Crippen LogP contribution in [0.15, 0.2) is 0 Å². The molecule has 0 aromatic heterocycles. The first-order chi connectivity index (χ1) is 8.06. The van der Waals surface area contributed by atoms with Crippen molar-refractivity contribution in [2.24, 2.45) is 11.3 Å². The summed E-state index contributed by atoms with van der Waals surface area (Å²) in [7, 11) is 0. The second-order valence-corrected chi connectivity index (χ2v) is 5.18. The third-order valence-electron chi connectivity index (χ3n) is 3.79. The number of nitrogens with zero attached hydrogens (tertiary/aromatic N) is 2. The van der Waals surface area contributed by atoms with Gasteiger partial charge in [0.2, 0.25) is 5.91 Å². The fourth-order valence-corrected chi connectivity index (χ4v) is 2.41. The van der Waals surface area contributed by atoms with Gasteiger partial charge >= 0.3 is 5.97 Å². The molecule has 2 fully saturated rings. The quantitative estimate of drug-likeness (QED) is 0.789. The van der Waals surface area contributed by atoms with Gasteiger partial charge in [0.25, 0.3) is 0 Å². The van der Waals surface area contributed by atoms with Gasteiger partial charge in [0, 0.05) is 31.3 Å². The summed E-state index contributed by atoms with van der Waals surface area (Å²) in [6.45, 7) is 0.866. The van der Waals surface area contributed by atoms with Crippen molar-refractivity contribution in [1.29, 1.82) is 5.26 Å². The molecule has 2 aliphatic rings. The maximum Gasteiger partial charge on any atom is 0.308 e. The van der Waals surface area contributed by atoms with Crippen molar-refractivity contribution < 1.29 is 14.7 Å². The summed E-state index contributed by atoms with van der Waals surface area (Å²) in [5.41, 5.74) is -0.0369. The van der Waals surface area contributed by atoms with Gasteiger partial charge in [-0.15, -0.1) is 0 Å². The monoisotopic (exact) mass is 236 g/mol. The number of carboxylic acids is 1. The van der Waals surface area contributed by atoms with Crippen molar-refractivity contribution in [2.45, 2.75) is 32.1 Å². The van der Waals surface area contributed by atoms with Crippen molar-refractivity contribution in [3.8, 4) is 6.07 Å². The molecule has 0 aromatic carbocycles. The molecule has 0 bridgehead atoms. The van der Waals surface area contributed by atoms with Gasteiger partial charge in [-0.05, 0) is 19.3 Å². The van der Waals surface area contributed by atoms with Crippen LogP contribution >= 0.6 is 0 Å². The molecule has 1 atom stereocenters. The first kappa shape index (κ1) is 11.9. The Bertz CT molecular complexity index is 382. The number of carboxylic acid groups (broad SMARTS) is 1. The summed E-state index contributed by atoms with van der Waals surface area (Å²) in [6, 6.07) is 2.15. The van der Waals surface area contributed by atoms with Gasteiger partial charge in [0.1, 0.15) is 0 Å². The molecule has 1 unspecified atom stereocenters. The van der Waals surface area contributed by atoms with Gasteiger partial charge in [-0.1, -0.05) is 0 Å². The van der Waals surface area contributed by atoms with Crippen molar-refractivity contribution >= 4 is 11.9 Å². The zero-order chi connectivity index (χ0) is 12.5. The molecule has 92 valence electrons. The topological polar surface area (TPSA) is 81.4 Å². The number of rotatable bonds is 4. The lowest BCUT2D eigenvalue weighted by Crippen LogP contribution is -2.45. The minimum Gasteiger partial charge on any atom is -0.481 e. The highest BCUT2D eigenvalue weighted by molar-refractivity contribution is 5.80. The molecular weight excluding hydrogens is 220 g/mol. The maximum absolute atomic E-state index is 11.7. The normalized spacial score (nSPS) is 26.4. The molecule has 5 heteroatoms. The Morgan fingerprint density at radius 2 is 2.29 bits per heavy atom. The average Bonchev–Trinajstić information content (AvgIpc) is 3.02. The molecule has 0 aromatic rings. The van der Waals surface area contributed by atoms with Crippen LogP contribution in [0.3, 0.4) is 0 Å². The Kier molecular flexibility index (Phi) is 3.05. The molecule has 0 spiro atoms. The number of nitriles is 1. The number of carbonyl (C=O) groups excluding carboxylic acids is 1. The number of likely N-dealkylation sites (tertiary alicyclic amines) is 1. The van der Waals surface area contributed by atoms with E-state index in [9.17, 15) is 9.59 Å². The van der Waals surface area contributed by atoms with Crippen molar-refractivity contribution in [3.05, 3.63) is 0 Å². The van der Waals surface area contributed by atoms with Gasteiger partial charge in [-0.3, -0.25) is 9.59 Å². The predicted octanol–water partition coefficient (Wildman–Crippen LogP) is 1.00. The lowest BCUT2D eigenvalue weighted by Gasteiger charge is -2.33. The van der Waals surface area contributed by atoms with Crippen LogP contribution in [0.4, 0.5) is 0 Å². The summed E-state index contributed by atoms with van der Waals surface area (Å²) in [5.74, 6) is -1.23. The van der Waals surface area contributed by atoms with Crippen LogP contribution in [0.2, 0.25) is 0 Å². The second-order valence-electron chi connectivity index (χ2n) is 5.18. The highest BCUT2D eigenvalue weighted by atomic mass is 16.4. The van der Waals surface area contributed by atoms with E-state index in [0.29, 0.717) is 32.4 Å². The molecular formula is C12H16N2O3. The number of amides is 1. The lowest BCUT2D eigenvalue weighted by atomic mass is 9.95. The van der Waals surface area contributed by atoms with E-state index in [-0.39, 0.29) is 11.3 Å². The first-order valence-corrected chi connectivity index (χ1v) is 5.94. The molecule has 1 aliphatic carbocycles. The summed E-state index contributed by atoms with van der Waals surface area (Å²) >= 11 is 0. The van der Waals surface area contributed by atoms with Crippen LogP contribution in [0, 0.1) is 22.7 Å². The molecule has 17 heavy (non-hydrogen) atoms. The molecule has 0 radical (unpaired) electrons. The van der Waals surface area contributed by atoms with E-state index in [2.05, 4.69) is 6.07 Å². The van der Waals surface area contributed by atoms with E-state index in [1.165, 1.54) is 0 Å². The fraction of sp³-hybridized carbons (Fsp3) is 0.750. The van der Waals surface area contributed by atoms with Crippen molar-refractivity contribution in [1.82, 2.24) is 4.90 Å². The minimum atomic E-state index is -0.826. The largest absolute Gasteiger partial charge is 0.481 e. The second kappa shape index (κ2) is 4.36. The Hall–Kier alpha value is -1.57. The standard InChI is InChI=1S/C12H16N2O3/c13-6-5-12(3-4-12)8-14-7-9(11(16)17)1-2-10(14)15/h9H,1-5,7-8H2,(H,16,17). The minimum absolute atomic E-state index is 0.0340. The van der Waals surface area contributed by atoms with Crippen molar-refractivity contribution in [2.75, 3.05) is 13.1 Å². The molecule has 1 heterocycles. The summed E-state index contributed by atoms with van der Waals surface area (Å²) in [4.78, 5) is 24.3. The predicted molar refractivity (Wildman–Crippen MR) is 58.8 cm³/mol. The number of hydrogen-bond acceptors (Lipinski definition) is 3. The van der Waals surface area contributed by atoms with Gasteiger partial charge in [0.15, 0.2) is 0 Å². The van der Waals surface area contributed by atoms with Crippen LogP contribution in [0.5, 0.6) is 0 Å². The molecule has 1 saturated heterocycles.